The second-order valence-electron chi connectivity index (χ2n) is 6.46. The molecule has 0 spiro atoms. The van der Waals surface area contributed by atoms with Gasteiger partial charge in [0.05, 0.1) is 11.3 Å². The largest absolute Gasteiger partial charge is 0.302 e. The van der Waals surface area contributed by atoms with Crippen LogP contribution in [-0.4, -0.2) is 18.2 Å². The lowest BCUT2D eigenvalue weighted by molar-refractivity contribution is -0.114. The molecule has 1 aromatic carbocycles. The van der Waals surface area contributed by atoms with Crippen molar-refractivity contribution >= 4 is 17.4 Å². The predicted octanol–water partition coefficient (Wildman–Crippen LogP) is 2.93. The Morgan fingerprint density at radius 2 is 1.95 bits per heavy atom. The smallest absolute Gasteiger partial charge is 0.299 e. The number of hydrogen-bond acceptors (Lipinski definition) is 2. The molecule has 0 saturated heterocycles. The van der Waals surface area contributed by atoms with E-state index in [0.717, 1.165) is 25.0 Å². The normalized spacial score (nSPS) is 30.4. The fourth-order valence-corrected chi connectivity index (χ4v) is 4.36. The number of carbonyl (C=O) groups is 2. The number of rotatable bonds is 2. The zero-order chi connectivity index (χ0) is 14.7. The Kier molecular flexibility index (Phi) is 2.68. The summed E-state index contributed by atoms with van der Waals surface area (Å²) in [7, 11) is 0. The van der Waals surface area contributed by atoms with Crippen LogP contribution in [0, 0.1) is 29.4 Å². The number of amides is 1. The van der Waals surface area contributed by atoms with E-state index in [4.69, 9.17) is 0 Å². The number of benzene rings is 1. The van der Waals surface area contributed by atoms with Gasteiger partial charge in [-0.1, -0.05) is 6.42 Å². The van der Waals surface area contributed by atoms with Gasteiger partial charge in [-0.3, -0.25) is 9.59 Å². The van der Waals surface area contributed by atoms with E-state index in [2.05, 4.69) is 0 Å². The summed E-state index contributed by atoms with van der Waals surface area (Å²) in [5.41, 5.74) is -0.171. The average Bonchev–Trinajstić information content (AvgIpc) is 3.10. The van der Waals surface area contributed by atoms with Gasteiger partial charge >= 0.3 is 0 Å². The van der Waals surface area contributed by atoms with Gasteiger partial charge in [-0.2, -0.15) is 0 Å². The molecule has 2 bridgehead atoms. The molecule has 3 aliphatic rings. The monoisotopic (exact) mass is 291 g/mol. The number of hydrogen-bond donors (Lipinski definition) is 0. The number of anilines is 1. The molecule has 3 atom stereocenters. The number of fused-ring (bicyclic) bond motifs is 3. The van der Waals surface area contributed by atoms with Crippen LogP contribution < -0.4 is 4.90 Å². The number of nitrogens with zero attached hydrogens (tertiary/aromatic N) is 1. The van der Waals surface area contributed by atoms with Gasteiger partial charge in [0.15, 0.2) is 5.82 Å². The summed E-state index contributed by atoms with van der Waals surface area (Å²) < 4.78 is 27.3. The lowest BCUT2D eigenvalue weighted by Crippen LogP contribution is -2.36. The molecule has 0 N–H and O–H groups in total. The minimum atomic E-state index is -0.827. The maximum Gasteiger partial charge on any atom is 0.299 e. The van der Waals surface area contributed by atoms with E-state index in [-0.39, 0.29) is 11.3 Å². The van der Waals surface area contributed by atoms with Crippen LogP contribution in [0.3, 0.4) is 0 Å². The first-order valence-electron chi connectivity index (χ1n) is 7.40. The van der Waals surface area contributed by atoms with Gasteiger partial charge in [0, 0.05) is 12.6 Å². The van der Waals surface area contributed by atoms with Crippen LogP contribution in [-0.2, 0) is 4.79 Å². The molecule has 4 rings (SSSR count). The number of Topliss-reactive ketones (excluding diaryl/α,β-unsaturated/α-hetero) is 1. The van der Waals surface area contributed by atoms with E-state index in [1.807, 2.05) is 0 Å². The number of halogens is 2. The summed E-state index contributed by atoms with van der Waals surface area (Å²) in [4.78, 5) is 25.3. The summed E-state index contributed by atoms with van der Waals surface area (Å²) in [5, 5.41) is 0. The Morgan fingerprint density at radius 3 is 2.62 bits per heavy atom. The maximum atomic E-state index is 14.0. The minimum Gasteiger partial charge on any atom is -0.302 e. The molecule has 3 nitrogen and oxygen atoms in total. The molecule has 0 aromatic heterocycles. The minimum absolute atomic E-state index is 0.0332. The highest BCUT2D eigenvalue weighted by atomic mass is 19.1. The molecular weight excluding hydrogens is 276 g/mol. The lowest BCUT2D eigenvalue weighted by atomic mass is 9.88. The second kappa shape index (κ2) is 4.36. The average molecular weight is 291 g/mol. The molecule has 110 valence electrons. The summed E-state index contributed by atoms with van der Waals surface area (Å²) in [5.74, 6) is -1.56. The molecule has 0 radical (unpaired) electrons. The van der Waals surface area contributed by atoms with Crippen LogP contribution in [0.5, 0.6) is 0 Å². The van der Waals surface area contributed by atoms with E-state index >= 15 is 0 Å². The Balaban J connectivity index is 1.68. The van der Waals surface area contributed by atoms with E-state index in [0.29, 0.717) is 24.3 Å². The Morgan fingerprint density at radius 1 is 1.14 bits per heavy atom. The molecule has 2 fully saturated rings. The van der Waals surface area contributed by atoms with Gasteiger partial charge in [-0.05, 0) is 43.1 Å². The standard InChI is InChI=1S/C16H15F2NO2/c17-11-5-12-14(13(18)6-11)19(16(21)15(12)20)7-10-4-8-1-2-9(10)3-8/h5-6,8-10H,1-4,7H2. The van der Waals surface area contributed by atoms with Crippen LogP contribution in [0.4, 0.5) is 14.5 Å². The molecule has 2 saturated carbocycles. The molecule has 1 aliphatic heterocycles. The molecule has 1 aromatic rings. The van der Waals surface area contributed by atoms with Gasteiger partial charge in [0.1, 0.15) is 5.82 Å². The Labute approximate surface area is 120 Å². The third kappa shape index (κ3) is 1.83. The van der Waals surface area contributed by atoms with Crippen molar-refractivity contribution in [1.82, 2.24) is 0 Å². The van der Waals surface area contributed by atoms with Crippen molar-refractivity contribution in [2.75, 3.05) is 11.4 Å². The number of carbonyl (C=O) groups excluding carboxylic acids is 2. The highest BCUT2D eigenvalue weighted by Gasteiger charge is 2.44. The van der Waals surface area contributed by atoms with Crippen LogP contribution in [0.1, 0.15) is 36.0 Å². The first-order chi connectivity index (χ1) is 10.0. The maximum absolute atomic E-state index is 14.0. The first-order valence-corrected chi connectivity index (χ1v) is 7.40. The van der Waals surface area contributed by atoms with Crippen molar-refractivity contribution in [3.05, 3.63) is 29.3 Å². The van der Waals surface area contributed by atoms with Gasteiger partial charge in [0.2, 0.25) is 0 Å². The highest BCUT2D eigenvalue weighted by molar-refractivity contribution is 6.52. The van der Waals surface area contributed by atoms with Crippen molar-refractivity contribution in [3.8, 4) is 0 Å². The Bertz CT molecular complexity index is 658. The van der Waals surface area contributed by atoms with Gasteiger partial charge in [-0.25, -0.2) is 8.78 Å². The molecule has 1 amide bonds. The fraction of sp³-hybridized carbons (Fsp3) is 0.500. The van der Waals surface area contributed by atoms with Crippen LogP contribution in [0.25, 0.3) is 0 Å². The predicted molar refractivity (Wildman–Crippen MR) is 72.0 cm³/mol. The zero-order valence-electron chi connectivity index (χ0n) is 11.4. The summed E-state index contributed by atoms with van der Waals surface area (Å²) in [6, 6.07) is 1.69. The molecule has 2 aliphatic carbocycles. The summed E-state index contributed by atoms with van der Waals surface area (Å²) in [6.45, 7) is 0.376. The van der Waals surface area contributed by atoms with Crippen LogP contribution >= 0.6 is 0 Å². The second-order valence-corrected chi connectivity index (χ2v) is 6.46. The first kappa shape index (κ1) is 12.9. The van der Waals surface area contributed by atoms with Gasteiger partial charge in [0.25, 0.3) is 11.7 Å². The van der Waals surface area contributed by atoms with Crippen molar-refractivity contribution in [2.24, 2.45) is 17.8 Å². The number of ketones is 1. The van der Waals surface area contributed by atoms with Crippen molar-refractivity contribution < 1.29 is 18.4 Å². The quantitative estimate of drug-likeness (QED) is 0.786. The molecule has 5 heteroatoms. The lowest BCUT2D eigenvalue weighted by Gasteiger charge is -2.27. The summed E-state index contributed by atoms with van der Waals surface area (Å²) in [6.07, 6.45) is 4.62. The van der Waals surface area contributed by atoms with Crippen LogP contribution in [0.2, 0.25) is 0 Å². The van der Waals surface area contributed by atoms with E-state index in [1.54, 1.807) is 0 Å². The third-order valence-corrected chi connectivity index (χ3v) is 5.28. The van der Waals surface area contributed by atoms with Crippen molar-refractivity contribution in [1.29, 1.82) is 0 Å². The van der Waals surface area contributed by atoms with E-state index in [9.17, 15) is 18.4 Å². The molecule has 3 unspecified atom stereocenters. The Hall–Kier alpha value is -1.78. The van der Waals surface area contributed by atoms with E-state index in [1.165, 1.54) is 17.7 Å². The van der Waals surface area contributed by atoms with Gasteiger partial charge in [-0.15, -0.1) is 0 Å². The zero-order valence-corrected chi connectivity index (χ0v) is 11.4. The highest BCUT2D eigenvalue weighted by Crippen LogP contribution is 2.49. The van der Waals surface area contributed by atoms with Gasteiger partial charge < -0.3 is 4.90 Å². The van der Waals surface area contributed by atoms with Crippen LogP contribution in [0.15, 0.2) is 12.1 Å². The molecular formula is C16H15F2NO2. The topological polar surface area (TPSA) is 37.4 Å². The molecule has 21 heavy (non-hydrogen) atoms. The SMILES string of the molecule is O=C1C(=O)N(CC2CC3CCC2C3)c2c(F)cc(F)cc21. The van der Waals surface area contributed by atoms with E-state index < -0.39 is 23.3 Å². The molecule has 1 heterocycles. The third-order valence-electron chi connectivity index (χ3n) is 5.28. The van der Waals surface area contributed by atoms with Crippen molar-refractivity contribution in [2.45, 2.75) is 25.7 Å². The van der Waals surface area contributed by atoms with Crippen molar-refractivity contribution in [3.63, 3.8) is 0 Å². The fourth-order valence-electron chi connectivity index (χ4n) is 4.36. The summed E-state index contributed by atoms with van der Waals surface area (Å²) >= 11 is 0.